The Morgan fingerprint density at radius 3 is 2.42 bits per heavy atom. The number of amides is 1. The van der Waals surface area contributed by atoms with Gasteiger partial charge in [0.2, 0.25) is 5.91 Å². The largest absolute Gasteiger partial charge is 0.480 e. The molecule has 0 aromatic heterocycles. The molecule has 0 aliphatic rings. The Bertz CT molecular complexity index is 499. The van der Waals surface area contributed by atoms with Crippen LogP contribution < -0.4 is 0 Å². The van der Waals surface area contributed by atoms with Gasteiger partial charge in [0.05, 0.1) is 5.41 Å². The smallest absolute Gasteiger partial charge is 0.326 e. The zero-order valence-corrected chi connectivity index (χ0v) is 11.5. The molecular weight excluding hydrogens is 249 g/mol. The van der Waals surface area contributed by atoms with Crippen LogP contribution in [-0.2, 0) is 15.0 Å². The fourth-order valence-corrected chi connectivity index (χ4v) is 1.78. The van der Waals surface area contributed by atoms with E-state index in [1.165, 1.54) is 32.2 Å². The molecule has 1 rings (SSSR count). The average Bonchev–Trinajstić information content (AvgIpc) is 2.35. The van der Waals surface area contributed by atoms with Crippen LogP contribution in [0.15, 0.2) is 24.3 Å². The fraction of sp³-hybridized carbons (Fsp3) is 0.429. The number of aliphatic carboxylic acids is 1. The molecule has 0 spiro atoms. The number of carbonyl (C=O) groups excluding carboxylic acids is 1. The Balaban J connectivity index is 3.06. The summed E-state index contributed by atoms with van der Waals surface area (Å²) in [5, 5.41) is 8.93. The van der Waals surface area contributed by atoms with E-state index in [0.29, 0.717) is 5.56 Å². The van der Waals surface area contributed by atoms with Crippen molar-refractivity contribution in [1.29, 1.82) is 0 Å². The number of hydrogen-bond acceptors (Lipinski definition) is 2. The Labute approximate surface area is 111 Å². The molecule has 1 aromatic rings. The van der Waals surface area contributed by atoms with Crippen molar-refractivity contribution in [2.75, 3.05) is 7.05 Å². The van der Waals surface area contributed by atoms with Gasteiger partial charge in [-0.05, 0) is 38.5 Å². The average molecular weight is 267 g/mol. The van der Waals surface area contributed by atoms with Gasteiger partial charge in [-0.2, -0.15) is 0 Å². The monoisotopic (exact) mass is 267 g/mol. The first-order valence-electron chi connectivity index (χ1n) is 5.94. The maximum atomic E-state index is 13.2. The number of benzene rings is 1. The zero-order valence-electron chi connectivity index (χ0n) is 11.5. The minimum atomic E-state index is -1.08. The summed E-state index contributed by atoms with van der Waals surface area (Å²) in [7, 11) is 1.43. The molecule has 5 heteroatoms. The predicted octanol–water partition coefficient (Wildman–Crippen LogP) is 2.03. The molecular formula is C14H18FNO3. The standard InChI is InChI=1S/C14H18FNO3/c1-9(12(17)18)16(4)13(19)14(2,3)10-6-5-7-11(15)8-10/h5-9H,1-4H3,(H,17,18). The summed E-state index contributed by atoms with van der Waals surface area (Å²) < 4.78 is 13.2. The van der Waals surface area contributed by atoms with Crippen molar-refractivity contribution in [3.63, 3.8) is 0 Å². The van der Waals surface area contributed by atoms with Gasteiger partial charge in [-0.15, -0.1) is 0 Å². The van der Waals surface area contributed by atoms with E-state index in [-0.39, 0.29) is 5.91 Å². The first kappa shape index (κ1) is 15.1. The normalized spacial score (nSPS) is 12.9. The quantitative estimate of drug-likeness (QED) is 0.908. The highest BCUT2D eigenvalue weighted by Crippen LogP contribution is 2.26. The van der Waals surface area contributed by atoms with Gasteiger partial charge in [-0.3, -0.25) is 4.79 Å². The summed E-state index contributed by atoms with van der Waals surface area (Å²) in [4.78, 5) is 24.4. The summed E-state index contributed by atoms with van der Waals surface area (Å²) in [6.07, 6.45) is 0. The molecule has 0 heterocycles. The molecule has 0 fully saturated rings. The summed E-state index contributed by atoms with van der Waals surface area (Å²) in [6, 6.07) is 4.84. The van der Waals surface area contributed by atoms with Crippen LogP contribution in [0.1, 0.15) is 26.3 Å². The zero-order chi connectivity index (χ0) is 14.8. The topological polar surface area (TPSA) is 57.6 Å². The highest BCUT2D eigenvalue weighted by Gasteiger charge is 2.35. The summed E-state index contributed by atoms with van der Waals surface area (Å²) in [5.74, 6) is -1.87. The molecule has 0 bridgehead atoms. The first-order valence-corrected chi connectivity index (χ1v) is 5.94. The second-order valence-corrected chi connectivity index (χ2v) is 5.07. The van der Waals surface area contributed by atoms with Gasteiger partial charge in [0.15, 0.2) is 0 Å². The maximum Gasteiger partial charge on any atom is 0.326 e. The first-order chi connectivity index (χ1) is 8.67. The van der Waals surface area contributed by atoms with E-state index in [0.717, 1.165) is 4.90 Å². The molecule has 1 aromatic carbocycles. The molecule has 0 aliphatic heterocycles. The molecule has 104 valence electrons. The van der Waals surface area contributed by atoms with Crippen LogP contribution in [0.5, 0.6) is 0 Å². The molecule has 0 saturated heterocycles. The lowest BCUT2D eigenvalue weighted by Gasteiger charge is -2.32. The predicted molar refractivity (Wildman–Crippen MR) is 69.3 cm³/mol. The van der Waals surface area contributed by atoms with Crippen LogP contribution in [-0.4, -0.2) is 35.0 Å². The fourth-order valence-electron chi connectivity index (χ4n) is 1.78. The summed E-state index contributed by atoms with van der Waals surface area (Å²) in [6.45, 7) is 4.73. The van der Waals surface area contributed by atoms with Gasteiger partial charge >= 0.3 is 5.97 Å². The highest BCUT2D eigenvalue weighted by atomic mass is 19.1. The third-order valence-electron chi connectivity index (χ3n) is 3.34. The number of likely N-dealkylation sites (N-methyl/N-ethyl adjacent to an activating group) is 1. The molecule has 1 unspecified atom stereocenters. The van der Waals surface area contributed by atoms with E-state index in [4.69, 9.17) is 5.11 Å². The van der Waals surface area contributed by atoms with E-state index in [2.05, 4.69) is 0 Å². The van der Waals surface area contributed by atoms with Crippen molar-refractivity contribution in [3.8, 4) is 0 Å². The van der Waals surface area contributed by atoms with Gasteiger partial charge in [-0.25, -0.2) is 9.18 Å². The van der Waals surface area contributed by atoms with Crippen LogP contribution in [0, 0.1) is 5.82 Å². The van der Waals surface area contributed by atoms with Crippen LogP contribution in [0.4, 0.5) is 4.39 Å². The summed E-state index contributed by atoms with van der Waals surface area (Å²) >= 11 is 0. The number of carboxylic acid groups (broad SMARTS) is 1. The second kappa shape index (κ2) is 5.38. The number of nitrogens with zero attached hydrogens (tertiary/aromatic N) is 1. The van der Waals surface area contributed by atoms with E-state index >= 15 is 0 Å². The molecule has 1 amide bonds. The highest BCUT2D eigenvalue weighted by molar-refractivity contribution is 5.90. The number of halogens is 1. The lowest BCUT2D eigenvalue weighted by atomic mass is 9.83. The van der Waals surface area contributed by atoms with E-state index < -0.39 is 23.2 Å². The molecule has 0 radical (unpaired) electrons. The molecule has 0 aliphatic carbocycles. The van der Waals surface area contributed by atoms with Crippen molar-refractivity contribution in [3.05, 3.63) is 35.6 Å². The van der Waals surface area contributed by atoms with Gasteiger partial charge in [0, 0.05) is 7.05 Å². The third kappa shape index (κ3) is 3.10. The van der Waals surface area contributed by atoms with Crippen molar-refractivity contribution in [2.24, 2.45) is 0 Å². The Morgan fingerprint density at radius 1 is 1.37 bits per heavy atom. The van der Waals surface area contributed by atoms with E-state index in [1.807, 2.05) is 0 Å². The molecule has 4 nitrogen and oxygen atoms in total. The Kier molecular flexibility index (Phi) is 4.29. The van der Waals surface area contributed by atoms with Crippen molar-refractivity contribution in [1.82, 2.24) is 4.90 Å². The van der Waals surface area contributed by atoms with Crippen LogP contribution in [0.25, 0.3) is 0 Å². The summed E-state index contributed by atoms with van der Waals surface area (Å²) in [5.41, 5.74) is -0.470. The molecule has 0 saturated carbocycles. The van der Waals surface area contributed by atoms with Gasteiger partial charge < -0.3 is 10.0 Å². The van der Waals surface area contributed by atoms with Crippen molar-refractivity contribution in [2.45, 2.75) is 32.2 Å². The lowest BCUT2D eigenvalue weighted by Crippen LogP contribution is -2.48. The van der Waals surface area contributed by atoms with Crippen LogP contribution in [0.2, 0.25) is 0 Å². The minimum absolute atomic E-state index is 0.368. The number of carbonyl (C=O) groups is 2. The Morgan fingerprint density at radius 2 is 1.95 bits per heavy atom. The van der Waals surface area contributed by atoms with Gasteiger partial charge in [0.1, 0.15) is 11.9 Å². The van der Waals surface area contributed by atoms with Crippen molar-refractivity contribution < 1.29 is 19.1 Å². The maximum absolute atomic E-state index is 13.2. The SMILES string of the molecule is CC(C(=O)O)N(C)C(=O)C(C)(C)c1cccc(F)c1. The number of carboxylic acids is 1. The molecule has 19 heavy (non-hydrogen) atoms. The van der Waals surface area contributed by atoms with Crippen LogP contribution in [0.3, 0.4) is 0 Å². The van der Waals surface area contributed by atoms with Gasteiger partial charge in [-0.1, -0.05) is 12.1 Å². The molecule has 1 atom stereocenters. The van der Waals surface area contributed by atoms with Gasteiger partial charge in [0.25, 0.3) is 0 Å². The lowest BCUT2D eigenvalue weighted by molar-refractivity contribution is -0.150. The Hall–Kier alpha value is -1.91. The van der Waals surface area contributed by atoms with E-state index in [9.17, 15) is 14.0 Å². The van der Waals surface area contributed by atoms with E-state index in [1.54, 1.807) is 19.9 Å². The number of rotatable bonds is 4. The second-order valence-electron chi connectivity index (χ2n) is 5.07. The minimum Gasteiger partial charge on any atom is -0.480 e. The van der Waals surface area contributed by atoms with Crippen molar-refractivity contribution >= 4 is 11.9 Å². The molecule has 1 N–H and O–H groups in total. The van der Waals surface area contributed by atoms with Crippen LogP contribution >= 0.6 is 0 Å². The third-order valence-corrected chi connectivity index (χ3v) is 3.34. The number of hydrogen-bond donors (Lipinski definition) is 1.